The van der Waals surface area contributed by atoms with E-state index in [1.54, 1.807) is 12.1 Å². The molecule has 0 saturated carbocycles. The summed E-state index contributed by atoms with van der Waals surface area (Å²) >= 11 is 3.25. The molecule has 0 aromatic carbocycles. The summed E-state index contributed by atoms with van der Waals surface area (Å²) in [5.74, 6) is -1.41. The third-order valence-electron chi connectivity index (χ3n) is 2.78. The highest BCUT2D eigenvalue weighted by molar-refractivity contribution is 9.10. The molecule has 1 aromatic heterocycles. The molecule has 1 aliphatic heterocycles. The van der Waals surface area contributed by atoms with E-state index in [4.69, 9.17) is 9.84 Å². The lowest BCUT2D eigenvalue weighted by Gasteiger charge is -2.17. The summed E-state index contributed by atoms with van der Waals surface area (Å²) in [5.41, 5.74) is 0.560. The SMILES string of the molecule is COc1ccc(N2CC(C(=O)O)CC2=O)c(Br)n1. The molecule has 1 fully saturated rings. The number of aromatic nitrogens is 1. The second-order valence-electron chi connectivity index (χ2n) is 3.91. The fourth-order valence-corrected chi connectivity index (χ4v) is 2.35. The van der Waals surface area contributed by atoms with Crippen molar-refractivity contribution in [1.29, 1.82) is 0 Å². The number of pyridine rings is 1. The van der Waals surface area contributed by atoms with E-state index in [1.165, 1.54) is 12.0 Å². The summed E-state index contributed by atoms with van der Waals surface area (Å²) < 4.78 is 5.42. The molecule has 18 heavy (non-hydrogen) atoms. The number of hydrogen-bond donors (Lipinski definition) is 1. The summed E-state index contributed by atoms with van der Waals surface area (Å²) in [6.07, 6.45) is 0.0216. The van der Waals surface area contributed by atoms with Crippen LogP contribution in [0, 0.1) is 5.92 Å². The molecule has 0 spiro atoms. The number of nitrogens with zero attached hydrogens (tertiary/aromatic N) is 2. The van der Waals surface area contributed by atoms with E-state index in [9.17, 15) is 9.59 Å². The Kier molecular flexibility index (Phi) is 3.51. The zero-order valence-electron chi connectivity index (χ0n) is 9.59. The number of aliphatic carboxylic acids is 1. The molecule has 1 saturated heterocycles. The predicted octanol–water partition coefficient (Wildman–Crippen LogP) is 1.29. The quantitative estimate of drug-likeness (QED) is 0.850. The van der Waals surface area contributed by atoms with Crippen LogP contribution in [-0.4, -0.2) is 35.6 Å². The Morgan fingerprint density at radius 2 is 2.33 bits per heavy atom. The Balaban J connectivity index is 2.27. The van der Waals surface area contributed by atoms with Gasteiger partial charge in [-0.25, -0.2) is 4.98 Å². The molecule has 2 heterocycles. The molecule has 1 unspecified atom stereocenters. The van der Waals surface area contributed by atoms with Gasteiger partial charge in [0.1, 0.15) is 4.60 Å². The smallest absolute Gasteiger partial charge is 0.308 e. The number of methoxy groups -OCH3 is 1. The molecular formula is C11H11BrN2O4. The van der Waals surface area contributed by atoms with Gasteiger partial charge in [-0.15, -0.1) is 0 Å². The summed E-state index contributed by atoms with van der Waals surface area (Å²) in [5, 5.41) is 8.92. The number of halogens is 1. The molecule has 0 bridgehead atoms. The number of amides is 1. The van der Waals surface area contributed by atoms with Crippen molar-refractivity contribution < 1.29 is 19.4 Å². The molecule has 1 atom stereocenters. The van der Waals surface area contributed by atoms with Crippen molar-refractivity contribution >= 4 is 33.5 Å². The topological polar surface area (TPSA) is 79.7 Å². The van der Waals surface area contributed by atoms with Crippen LogP contribution < -0.4 is 9.64 Å². The standard InChI is InChI=1S/C11H11BrN2O4/c1-18-8-3-2-7(10(12)13-8)14-5-6(11(16)17)4-9(14)15/h2-3,6H,4-5H2,1H3,(H,16,17). The minimum atomic E-state index is -0.955. The molecule has 1 amide bonds. The zero-order chi connectivity index (χ0) is 13.3. The van der Waals surface area contributed by atoms with Crippen LogP contribution in [0.5, 0.6) is 5.88 Å². The summed E-state index contributed by atoms with van der Waals surface area (Å²) in [4.78, 5) is 28.2. The van der Waals surface area contributed by atoms with Gasteiger partial charge in [0.15, 0.2) is 0 Å². The Morgan fingerprint density at radius 1 is 1.61 bits per heavy atom. The largest absolute Gasteiger partial charge is 0.481 e. The van der Waals surface area contributed by atoms with E-state index in [0.29, 0.717) is 16.2 Å². The van der Waals surface area contributed by atoms with Crippen LogP contribution in [0.15, 0.2) is 16.7 Å². The second kappa shape index (κ2) is 4.93. The molecular weight excluding hydrogens is 304 g/mol. The average Bonchev–Trinajstić information content (AvgIpc) is 2.71. The van der Waals surface area contributed by atoms with Crippen molar-refractivity contribution in [2.75, 3.05) is 18.6 Å². The van der Waals surface area contributed by atoms with Crippen molar-refractivity contribution in [3.8, 4) is 5.88 Å². The summed E-state index contributed by atoms with van der Waals surface area (Å²) in [7, 11) is 1.50. The second-order valence-corrected chi connectivity index (χ2v) is 4.66. The first-order chi connectivity index (χ1) is 8.52. The predicted molar refractivity (Wildman–Crippen MR) is 66.6 cm³/mol. The van der Waals surface area contributed by atoms with Crippen LogP contribution in [0.3, 0.4) is 0 Å². The van der Waals surface area contributed by atoms with Crippen molar-refractivity contribution in [2.45, 2.75) is 6.42 Å². The van der Waals surface area contributed by atoms with Gasteiger partial charge in [0.2, 0.25) is 11.8 Å². The van der Waals surface area contributed by atoms with Crippen LogP contribution >= 0.6 is 15.9 Å². The molecule has 6 nitrogen and oxygen atoms in total. The van der Waals surface area contributed by atoms with Gasteiger partial charge < -0.3 is 14.7 Å². The molecule has 2 rings (SSSR count). The highest BCUT2D eigenvalue weighted by Gasteiger charge is 2.36. The highest BCUT2D eigenvalue weighted by Crippen LogP contribution is 2.31. The number of carbonyl (C=O) groups is 2. The molecule has 7 heteroatoms. The number of rotatable bonds is 3. The van der Waals surface area contributed by atoms with Crippen LogP contribution in [0.25, 0.3) is 0 Å². The first-order valence-corrected chi connectivity index (χ1v) is 6.06. The van der Waals surface area contributed by atoms with Crippen LogP contribution in [0.4, 0.5) is 5.69 Å². The van der Waals surface area contributed by atoms with Crippen molar-refractivity contribution in [3.05, 3.63) is 16.7 Å². The normalized spacial score (nSPS) is 19.1. The maximum atomic E-state index is 11.8. The number of anilines is 1. The Labute approximate surface area is 112 Å². The molecule has 1 aromatic rings. The maximum Gasteiger partial charge on any atom is 0.308 e. The van der Waals surface area contributed by atoms with E-state index < -0.39 is 11.9 Å². The first-order valence-electron chi connectivity index (χ1n) is 5.26. The molecule has 0 radical (unpaired) electrons. The van der Waals surface area contributed by atoms with E-state index in [1.807, 2.05) is 0 Å². The number of carboxylic acids is 1. The maximum absolute atomic E-state index is 11.8. The van der Waals surface area contributed by atoms with Crippen LogP contribution in [0.1, 0.15) is 6.42 Å². The lowest BCUT2D eigenvalue weighted by Crippen LogP contribution is -2.26. The van der Waals surface area contributed by atoms with Crippen molar-refractivity contribution in [1.82, 2.24) is 4.98 Å². The molecule has 96 valence electrons. The third-order valence-corrected chi connectivity index (χ3v) is 3.36. The van der Waals surface area contributed by atoms with Gasteiger partial charge in [-0.2, -0.15) is 0 Å². The average molecular weight is 315 g/mol. The van der Waals surface area contributed by atoms with Crippen LogP contribution in [0.2, 0.25) is 0 Å². The van der Waals surface area contributed by atoms with Crippen molar-refractivity contribution in [3.63, 3.8) is 0 Å². The van der Waals surface area contributed by atoms with Gasteiger partial charge in [-0.05, 0) is 22.0 Å². The number of carboxylic acid groups (broad SMARTS) is 1. The summed E-state index contributed by atoms with van der Waals surface area (Å²) in [6.45, 7) is 0.167. The Morgan fingerprint density at radius 3 is 2.83 bits per heavy atom. The van der Waals surface area contributed by atoms with Gasteiger partial charge in [0.05, 0.1) is 18.7 Å². The van der Waals surface area contributed by atoms with E-state index in [-0.39, 0.29) is 18.9 Å². The Hall–Kier alpha value is -1.63. The first kappa shape index (κ1) is 12.8. The van der Waals surface area contributed by atoms with Gasteiger partial charge in [0, 0.05) is 19.0 Å². The Bertz CT molecular complexity index is 506. The fraction of sp³-hybridized carbons (Fsp3) is 0.364. The third kappa shape index (κ3) is 2.31. The lowest BCUT2D eigenvalue weighted by atomic mass is 10.1. The molecule has 1 N–H and O–H groups in total. The van der Waals surface area contributed by atoms with E-state index in [2.05, 4.69) is 20.9 Å². The van der Waals surface area contributed by atoms with Gasteiger partial charge in [-0.3, -0.25) is 9.59 Å². The fourth-order valence-electron chi connectivity index (χ4n) is 1.83. The van der Waals surface area contributed by atoms with Gasteiger partial charge in [-0.1, -0.05) is 0 Å². The zero-order valence-corrected chi connectivity index (χ0v) is 11.2. The van der Waals surface area contributed by atoms with Crippen LogP contribution in [-0.2, 0) is 9.59 Å². The van der Waals surface area contributed by atoms with Gasteiger partial charge >= 0.3 is 5.97 Å². The number of carbonyl (C=O) groups excluding carboxylic acids is 1. The minimum Gasteiger partial charge on any atom is -0.481 e. The minimum absolute atomic E-state index is 0.0216. The molecule has 0 aliphatic carbocycles. The highest BCUT2D eigenvalue weighted by atomic mass is 79.9. The lowest BCUT2D eigenvalue weighted by molar-refractivity contribution is -0.141. The van der Waals surface area contributed by atoms with Gasteiger partial charge in [0.25, 0.3) is 0 Å². The molecule has 1 aliphatic rings. The van der Waals surface area contributed by atoms with E-state index >= 15 is 0 Å². The number of ether oxygens (including phenoxy) is 1. The summed E-state index contributed by atoms with van der Waals surface area (Å²) in [6, 6.07) is 3.31. The monoisotopic (exact) mass is 314 g/mol. The number of hydrogen-bond acceptors (Lipinski definition) is 4. The van der Waals surface area contributed by atoms with E-state index in [0.717, 1.165) is 0 Å². The van der Waals surface area contributed by atoms with Crippen molar-refractivity contribution in [2.24, 2.45) is 5.92 Å².